The summed E-state index contributed by atoms with van der Waals surface area (Å²) in [5.41, 5.74) is 2.03. The lowest BCUT2D eigenvalue weighted by Crippen LogP contribution is -2.25. The Labute approximate surface area is 148 Å². The van der Waals surface area contributed by atoms with Crippen LogP contribution >= 0.6 is 15.9 Å². The van der Waals surface area contributed by atoms with Crippen LogP contribution in [0.15, 0.2) is 34.8 Å². The number of rotatable bonds is 9. The largest absolute Gasteiger partial charge is 0.481 e. The van der Waals surface area contributed by atoms with Gasteiger partial charge >= 0.3 is 5.97 Å². The quantitative estimate of drug-likeness (QED) is 0.567. The Bertz CT molecular complexity index is 686. The standard InChI is InChI=1S/C17H20BrN3O3/c18-14-15(12-8-4-3-5-9-12)20-21-16(14)17(24)19-11-7-2-1-6-10-13(22)23/h3-5,8-9H,1-2,6-7,10-11H2,(H,19,24)(H,20,21)(H,22,23). The van der Waals surface area contributed by atoms with Crippen LogP contribution in [0.25, 0.3) is 11.3 Å². The molecule has 24 heavy (non-hydrogen) atoms. The summed E-state index contributed by atoms with van der Waals surface area (Å²) in [6, 6.07) is 9.62. The zero-order valence-electron chi connectivity index (χ0n) is 13.2. The van der Waals surface area contributed by atoms with Gasteiger partial charge in [0.25, 0.3) is 5.91 Å². The Hall–Kier alpha value is -2.15. The number of aromatic amines is 1. The number of hydrogen-bond acceptors (Lipinski definition) is 3. The zero-order chi connectivity index (χ0) is 17.4. The van der Waals surface area contributed by atoms with Crippen LogP contribution in [0.4, 0.5) is 0 Å². The van der Waals surface area contributed by atoms with Crippen LogP contribution in [0.5, 0.6) is 0 Å². The van der Waals surface area contributed by atoms with Gasteiger partial charge in [-0.25, -0.2) is 0 Å². The smallest absolute Gasteiger partial charge is 0.303 e. The molecule has 0 aliphatic rings. The monoisotopic (exact) mass is 393 g/mol. The Morgan fingerprint density at radius 2 is 1.83 bits per heavy atom. The fourth-order valence-corrected chi connectivity index (χ4v) is 2.90. The molecule has 1 heterocycles. The third kappa shape index (κ3) is 5.19. The summed E-state index contributed by atoms with van der Waals surface area (Å²) in [6.07, 6.45) is 3.45. The molecule has 0 unspecified atom stereocenters. The van der Waals surface area contributed by atoms with E-state index in [1.807, 2.05) is 30.3 Å². The predicted octanol–water partition coefficient (Wildman–Crippen LogP) is 3.60. The first-order valence-corrected chi connectivity index (χ1v) is 8.68. The molecular weight excluding hydrogens is 374 g/mol. The zero-order valence-corrected chi connectivity index (χ0v) is 14.8. The lowest BCUT2D eigenvalue weighted by Gasteiger charge is -2.04. The van der Waals surface area contributed by atoms with E-state index >= 15 is 0 Å². The number of unbranched alkanes of at least 4 members (excludes halogenated alkanes) is 3. The van der Waals surface area contributed by atoms with Gasteiger partial charge in [-0.15, -0.1) is 0 Å². The highest BCUT2D eigenvalue weighted by Gasteiger charge is 2.17. The first kappa shape index (κ1) is 18.2. The lowest BCUT2D eigenvalue weighted by atomic mass is 10.1. The summed E-state index contributed by atoms with van der Waals surface area (Å²) in [5, 5.41) is 18.4. The van der Waals surface area contributed by atoms with Crippen LogP contribution in [0, 0.1) is 0 Å². The third-order valence-corrected chi connectivity index (χ3v) is 4.36. The second-order valence-electron chi connectivity index (χ2n) is 5.44. The summed E-state index contributed by atoms with van der Waals surface area (Å²) >= 11 is 3.44. The van der Waals surface area contributed by atoms with Gasteiger partial charge in [0.2, 0.25) is 0 Å². The van der Waals surface area contributed by atoms with Crippen LogP contribution in [0.1, 0.15) is 42.6 Å². The molecule has 128 valence electrons. The van der Waals surface area contributed by atoms with Crippen LogP contribution in [-0.4, -0.2) is 33.7 Å². The molecular formula is C17H20BrN3O3. The molecule has 2 rings (SSSR count). The number of carbonyl (C=O) groups excluding carboxylic acids is 1. The number of benzene rings is 1. The predicted molar refractivity (Wildman–Crippen MR) is 94.8 cm³/mol. The first-order valence-electron chi connectivity index (χ1n) is 7.89. The number of H-pyrrole nitrogens is 1. The fraction of sp³-hybridized carbons (Fsp3) is 0.353. The van der Waals surface area contributed by atoms with E-state index in [0.717, 1.165) is 24.8 Å². The van der Waals surface area contributed by atoms with Gasteiger partial charge in [0.15, 0.2) is 0 Å². The number of amides is 1. The molecule has 0 bridgehead atoms. The van der Waals surface area contributed by atoms with Crippen molar-refractivity contribution in [3.8, 4) is 11.3 Å². The number of nitrogens with one attached hydrogen (secondary N) is 2. The Morgan fingerprint density at radius 3 is 2.54 bits per heavy atom. The highest BCUT2D eigenvalue weighted by atomic mass is 79.9. The maximum atomic E-state index is 12.2. The number of nitrogens with zero attached hydrogens (tertiary/aromatic N) is 1. The topological polar surface area (TPSA) is 95.1 Å². The maximum absolute atomic E-state index is 12.2. The molecule has 1 aromatic heterocycles. The minimum absolute atomic E-state index is 0.204. The number of hydrogen-bond donors (Lipinski definition) is 3. The summed E-state index contributed by atoms with van der Waals surface area (Å²) in [6.45, 7) is 0.554. The number of carbonyl (C=O) groups is 2. The fourth-order valence-electron chi connectivity index (χ4n) is 2.31. The second-order valence-corrected chi connectivity index (χ2v) is 6.23. The Balaban J connectivity index is 1.79. The summed E-state index contributed by atoms with van der Waals surface area (Å²) < 4.78 is 0.646. The van der Waals surface area contributed by atoms with Gasteiger partial charge in [-0.3, -0.25) is 14.7 Å². The van der Waals surface area contributed by atoms with Crippen molar-refractivity contribution >= 4 is 27.8 Å². The molecule has 1 amide bonds. The third-order valence-electron chi connectivity index (χ3n) is 3.58. The van der Waals surface area contributed by atoms with E-state index in [0.29, 0.717) is 28.8 Å². The minimum atomic E-state index is -0.762. The molecule has 0 radical (unpaired) electrons. The van der Waals surface area contributed by atoms with Gasteiger partial charge in [-0.1, -0.05) is 43.2 Å². The van der Waals surface area contributed by atoms with Crippen molar-refractivity contribution in [2.24, 2.45) is 0 Å². The lowest BCUT2D eigenvalue weighted by molar-refractivity contribution is -0.137. The van der Waals surface area contributed by atoms with E-state index < -0.39 is 5.97 Å². The molecule has 0 aliphatic carbocycles. The van der Waals surface area contributed by atoms with E-state index in [4.69, 9.17) is 5.11 Å². The molecule has 0 spiro atoms. The van der Waals surface area contributed by atoms with Gasteiger partial charge in [-0.2, -0.15) is 5.10 Å². The number of halogens is 1. The second kappa shape index (κ2) is 9.22. The van der Waals surface area contributed by atoms with Gasteiger partial charge in [-0.05, 0) is 28.8 Å². The first-order chi connectivity index (χ1) is 11.6. The average molecular weight is 394 g/mol. The van der Waals surface area contributed by atoms with Crippen molar-refractivity contribution in [2.75, 3.05) is 6.54 Å². The summed E-state index contributed by atoms with van der Waals surface area (Å²) in [7, 11) is 0. The molecule has 3 N–H and O–H groups in total. The summed E-state index contributed by atoms with van der Waals surface area (Å²) in [4.78, 5) is 22.6. The Kier molecular flexibility index (Phi) is 6.99. The normalized spacial score (nSPS) is 10.5. The van der Waals surface area contributed by atoms with Gasteiger partial charge in [0.1, 0.15) is 11.4 Å². The van der Waals surface area contributed by atoms with E-state index in [-0.39, 0.29) is 12.3 Å². The minimum Gasteiger partial charge on any atom is -0.481 e. The van der Waals surface area contributed by atoms with Gasteiger partial charge < -0.3 is 10.4 Å². The number of carboxylic acid groups (broad SMARTS) is 1. The van der Waals surface area contributed by atoms with E-state index in [9.17, 15) is 9.59 Å². The van der Waals surface area contributed by atoms with Crippen molar-refractivity contribution in [3.63, 3.8) is 0 Å². The summed E-state index contributed by atoms with van der Waals surface area (Å²) in [5.74, 6) is -0.969. The molecule has 0 fully saturated rings. The highest BCUT2D eigenvalue weighted by Crippen LogP contribution is 2.28. The van der Waals surface area contributed by atoms with Gasteiger partial charge in [0, 0.05) is 18.5 Å². The number of carboxylic acids is 1. The number of aromatic nitrogens is 2. The molecule has 2 aromatic rings. The van der Waals surface area contributed by atoms with Crippen LogP contribution in [0.3, 0.4) is 0 Å². The molecule has 0 atom stereocenters. The van der Waals surface area contributed by atoms with Crippen molar-refractivity contribution in [3.05, 3.63) is 40.5 Å². The SMILES string of the molecule is O=C(O)CCCCCCNC(=O)c1[nH]nc(-c2ccccc2)c1Br. The van der Waals surface area contributed by atoms with Crippen molar-refractivity contribution < 1.29 is 14.7 Å². The maximum Gasteiger partial charge on any atom is 0.303 e. The molecule has 1 aromatic carbocycles. The van der Waals surface area contributed by atoms with Crippen molar-refractivity contribution in [1.82, 2.24) is 15.5 Å². The highest BCUT2D eigenvalue weighted by molar-refractivity contribution is 9.10. The molecule has 0 saturated carbocycles. The van der Waals surface area contributed by atoms with Gasteiger partial charge in [0.05, 0.1) is 4.47 Å². The van der Waals surface area contributed by atoms with E-state index in [2.05, 4.69) is 31.4 Å². The Morgan fingerprint density at radius 1 is 1.12 bits per heavy atom. The molecule has 0 aliphatic heterocycles. The number of aliphatic carboxylic acids is 1. The van der Waals surface area contributed by atoms with E-state index in [1.54, 1.807) is 0 Å². The average Bonchev–Trinajstić information content (AvgIpc) is 2.96. The van der Waals surface area contributed by atoms with Crippen LogP contribution in [0.2, 0.25) is 0 Å². The molecule has 0 saturated heterocycles. The van der Waals surface area contributed by atoms with E-state index in [1.165, 1.54) is 0 Å². The van der Waals surface area contributed by atoms with Crippen LogP contribution < -0.4 is 5.32 Å². The van der Waals surface area contributed by atoms with Crippen molar-refractivity contribution in [2.45, 2.75) is 32.1 Å². The van der Waals surface area contributed by atoms with Crippen LogP contribution in [-0.2, 0) is 4.79 Å². The molecule has 7 heteroatoms. The van der Waals surface area contributed by atoms with Crippen molar-refractivity contribution in [1.29, 1.82) is 0 Å². The molecule has 6 nitrogen and oxygen atoms in total.